The number of hydrogen-bond donors (Lipinski definition) is 1. The van der Waals surface area contributed by atoms with Crippen molar-refractivity contribution in [2.45, 2.75) is 50.9 Å². The van der Waals surface area contributed by atoms with Gasteiger partial charge in [0.25, 0.3) is 5.91 Å². The lowest BCUT2D eigenvalue weighted by atomic mass is 9.87. The van der Waals surface area contributed by atoms with E-state index in [9.17, 15) is 22.8 Å². The molecule has 0 bridgehead atoms. The van der Waals surface area contributed by atoms with E-state index in [1.54, 1.807) is 11.0 Å². The Bertz CT molecular complexity index is 1060. The SMILES string of the molecule is C[C@H]1CN(C2CCN(C)C(=O)C2)Cc2cc(C(=O)Nc3cncc(CC(F)(F)F)c3)ccc21. The van der Waals surface area contributed by atoms with Crippen molar-refractivity contribution in [2.75, 3.05) is 25.5 Å². The van der Waals surface area contributed by atoms with Crippen LogP contribution in [0.1, 0.15) is 52.7 Å². The highest BCUT2D eigenvalue weighted by atomic mass is 19.4. The molecule has 9 heteroatoms. The normalized spacial score (nSPS) is 21.6. The molecule has 33 heavy (non-hydrogen) atoms. The van der Waals surface area contributed by atoms with Gasteiger partial charge in [0.2, 0.25) is 5.91 Å². The number of alkyl halides is 3. The Kier molecular flexibility index (Phi) is 6.43. The van der Waals surface area contributed by atoms with Gasteiger partial charge < -0.3 is 10.2 Å². The Morgan fingerprint density at radius 3 is 2.76 bits per heavy atom. The fourth-order valence-electron chi connectivity index (χ4n) is 4.70. The number of carbonyl (C=O) groups excluding carboxylic acids is 2. The van der Waals surface area contributed by atoms with Crippen LogP contribution >= 0.6 is 0 Å². The Morgan fingerprint density at radius 2 is 2.03 bits per heavy atom. The molecule has 1 fully saturated rings. The van der Waals surface area contributed by atoms with Gasteiger partial charge in [-0.05, 0) is 47.2 Å². The summed E-state index contributed by atoms with van der Waals surface area (Å²) in [6.45, 7) is 4.40. The van der Waals surface area contributed by atoms with Crippen LogP contribution in [0.2, 0.25) is 0 Å². The van der Waals surface area contributed by atoms with Crippen molar-refractivity contribution in [1.29, 1.82) is 0 Å². The average molecular weight is 461 g/mol. The van der Waals surface area contributed by atoms with Crippen molar-refractivity contribution in [3.8, 4) is 0 Å². The zero-order valence-electron chi connectivity index (χ0n) is 18.7. The lowest BCUT2D eigenvalue weighted by Gasteiger charge is -2.41. The van der Waals surface area contributed by atoms with Gasteiger partial charge in [-0.1, -0.05) is 13.0 Å². The third-order valence-corrected chi connectivity index (χ3v) is 6.43. The summed E-state index contributed by atoms with van der Waals surface area (Å²) in [6.07, 6.45) is -1.55. The molecular weight excluding hydrogens is 433 g/mol. The first-order valence-corrected chi connectivity index (χ1v) is 11.0. The number of hydrogen-bond acceptors (Lipinski definition) is 4. The number of nitrogens with one attached hydrogen (secondary N) is 1. The van der Waals surface area contributed by atoms with Gasteiger partial charge in [0.15, 0.2) is 0 Å². The standard InChI is InChI=1S/C24H27F3N4O2/c1-15-13-31(20-5-6-30(2)22(32)9-20)14-18-8-17(3-4-21(15)18)23(33)29-19-7-16(11-28-12-19)10-24(25,26)27/h3-4,7-8,11-12,15,20H,5-6,9-10,13-14H2,1-2H3,(H,29,33)/t15-,20?/m0/s1. The highest BCUT2D eigenvalue weighted by molar-refractivity contribution is 6.04. The van der Waals surface area contributed by atoms with Gasteiger partial charge >= 0.3 is 6.18 Å². The van der Waals surface area contributed by atoms with Crippen LogP contribution in [0, 0.1) is 0 Å². The molecular formula is C24H27F3N4O2. The van der Waals surface area contributed by atoms with Crippen molar-refractivity contribution in [2.24, 2.45) is 0 Å². The van der Waals surface area contributed by atoms with Crippen molar-refractivity contribution in [3.05, 3.63) is 58.9 Å². The molecule has 1 saturated heterocycles. The fraction of sp³-hybridized carbons (Fsp3) is 0.458. The number of piperidine rings is 1. The van der Waals surface area contributed by atoms with E-state index in [0.29, 0.717) is 18.5 Å². The van der Waals surface area contributed by atoms with Gasteiger partial charge in [-0.25, -0.2) is 0 Å². The summed E-state index contributed by atoms with van der Waals surface area (Å²) in [5.74, 6) is 0.0195. The average Bonchev–Trinajstić information content (AvgIpc) is 2.74. The summed E-state index contributed by atoms with van der Waals surface area (Å²) in [4.78, 5) is 32.9. The third kappa shape index (κ3) is 5.52. The minimum Gasteiger partial charge on any atom is -0.346 e. The molecule has 0 saturated carbocycles. The first-order chi connectivity index (χ1) is 15.6. The first kappa shape index (κ1) is 23.2. The van der Waals surface area contributed by atoms with E-state index in [-0.39, 0.29) is 29.1 Å². The maximum absolute atomic E-state index is 12.8. The van der Waals surface area contributed by atoms with Gasteiger partial charge in [-0.3, -0.25) is 19.5 Å². The Balaban J connectivity index is 1.48. The van der Waals surface area contributed by atoms with Gasteiger partial charge in [0.1, 0.15) is 0 Å². The summed E-state index contributed by atoms with van der Waals surface area (Å²) in [5.41, 5.74) is 2.86. The predicted octanol–water partition coefficient (Wildman–Crippen LogP) is 3.98. The highest BCUT2D eigenvalue weighted by Crippen LogP contribution is 2.32. The number of benzene rings is 1. The molecule has 176 valence electrons. The summed E-state index contributed by atoms with van der Waals surface area (Å²) in [6, 6.07) is 7.01. The van der Waals surface area contributed by atoms with Gasteiger partial charge in [0, 0.05) is 50.9 Å². The number of anilines is 1. The topological polar surface area (TPSA) is 65.5 Å². The van der Waals surface area contributed by atoms with Crippen LogP contribution < -0.4 is 5.32 Å². The molecule has 3 heterocycles. The second-order valence-electron chi connectivity index (χ2n) is 9.03. The molecule has 1 aromatic heterocycles. The Morgan fingerprint density at radius 1 is 1.24 bits per heavy atom. The zero-order chi connectivity index (χ0) is 23.8. The van der Waals surface area contributed by atoms with E-state index in [0.717, 1.165) is 31.3 Å². The minimum atomic E-state index is -4.34. The molecule has 2 aromatic rings. The molecule has 2 atom stereocenters. The van der Waals surface area contributed by atoms with Crippen molar-refractivity contribution < 1.29 is 22.8 Å². The second-order valence-corrected chi connectivity index (χ2v) is 9.03. The van der Waals surface area contributed by atoms with E-state index in [4.69, 9.17) is 0 Å². The first-order valence-electron chi connectivity index (χ1n) is 11.0. The van der Waals surface area contributed by atoms with Crippen molar-refractivity contribution in [1.82, 2.24) is 14.8 Å². The third-order valence-electron chi connectivity index (χ3n) is 6.43. The lowest BCUT2D eigenvalue weighted by Crippen LogP contribution is -2.48. The summed E-state index contributed by atoms with van der Waals surface area (Å²) >= 11 is 0. The number of nitrogens with zero attached hydrogens (tertiary/aromatic N) is 3. The lowest BCUT2D eigenvalue weighted by molar-refractivity contribution is -0.134. The quantitative estimate of drug-likeness (QED) is 0.750. The van der Waals surface area contributed by atoms with Crippen LogP contribution in [-0.4, -0.2) is 59.0 Å². The van der Waals surface area contributed by atoms with Crippen LogP contribution in [0.5, 0.6) is 0 Å². The monoisotopic (exact) mass is 460 g/mol. The Hall–Kier alpha value is -2.94. The molecule has 1 N–H and O–H groups in total. The van der Waals surface area contributed by atoms with E-state index in [1.165, 1.54) is 17.8 Å². The van der Waals surface area contributed by atoms with E-state index < -0.39 is 18.5 Å². The number of rotatable bonds is 4. The summed E-state index contributed by atoms with van der Waals surface area (Å²) in [7, 11) is 1.83. The molecule has 0 spiro atoms. The molecule has 6 nitrogen and oxygen atoms in total. The van der Waals surface area contributed by atoms with Crippen LogP contribution in [0.25, 0.3) is 0 Å². The summed E-state index contributed by atoms with van der Waals surface area (Å²) < 4.78 is 38.0. The number of halogens is 3. The number of pyridine rings is 1. The van der Waals surface area contributed by atoms with Crippen molar-refractivity contribution >= 4 is 17.5 Å². The molecule has 2 amide bonds. The molecule has 2 aliphatic rings. The fourth-order valence-corrected chi connectivity index (χ4v) is 4.70. The molecule has 1 unspecified atom stereocenters. The Labute approximate surface area is 190 Å². The number of amides is 2. The number of likely N-dealkylation sites (tertiary alicyclic amines) is 1. The van der Waals surface area contributed by atoms with Crippen LogP contribution in [0.4, 0.5) is 18.9 Å². The van der Waals surface area contributed by atoms with Gasteiger partial charge in [0.05, 0.1) is 18.3 Å². The number of fused-ring (bicyclic) bond motifs is 1. The van der Waals surface area contributed by atoms with E-state index in [2.05, 4.69) is 22.1 Å². The molecule has 0 radical (unpaired) electrons. The largest absolute Gasteiger partial charge is 0.393 e. The van der Waals surface area contributed by atoms with Crippen LogP contribution in [0.15, 0.2) is 36.7 Å². The zero-order valence-corrected chi connectivity index (χ0v) is 18.7. The number of aromatic nitrogens is 1. The maximum Gasteiger partial charge on any atom is 0.393 e. The van der Waals surface area contributed by atoms with Crippen LogP contribution in [0.3, 0.4) is 0 Å². The van der Waals surface area contributed by atoms with Gasteiger partial charge in [-0.2, -0.15) is 13.2 Å². The van der Waals surface area contributed by atoms with E-state index in [1.807, 2.05) is 19.2 Å². The molecule has 0 aliphatic carbocycles. The van der Waals surface area contributed by atoms with Crippen molar-refractivity contribution in [3.63, 3.8) is 0 Å². The molecule has 2 aliphatic heterocycles. The molecule has 1 aromatic carbocycles. The number of carbonyl (C=O) groups is 2. The summed E-state index contributed by atoms with van der Waals surface area (Å²) in [5, 5.41) is 2.66. The highest BCUT2D eigenvalue weighted by Gasteiger charge is 2.32. The predicted molar refractivity (Wildman–Crippen MR) is 118 cm³/mol. The van der Waals surface area contributed by atoms with Gasteiger partial charge in [-0.15, -0.1) is 0 Å². The second kappa shape index (κ2) is 9.13. The minimum absolute atomic E-state index is 0.0112. The van der Waals surface area contributed by atoms with Crippen LogP contribution in [-0.2, 0) is 17.8 Å². The molecule has 4 rings (SSSR count). The smallest absolute Gasteiger partial charge is 0.346 e. The van der Waals surface area contributed by atoms with E-state index >= 15 is 0 Å². The maximum atomic E-state index is 12.8.